The zero-order chi connectivity index (χ0) is 26.0. The third-order valence-electron chi connectivity index (χ3n) is 5.77. The van der Waals surface area contributed by atoms with Crippen LogP contribution < -0.4 is 5.32 Å². The Hall–Kier alpha value is -3.91. The Morgan fingerprint density at radius 3 is 2.35 bits per heavy atom. The minimum Gasteiger partial charge on any atom is -0.462 e. The van der Waals surface area contributed by atoms with Crippen LogP contribution in [0.15, 0.2) is 89.9 Å². The molecule has 1 heterocycles. The summed E-state index contributed by atoms with van der Waals surface area (Å²) in [6, 6.07) is 26.0. The minimum absolute atomic E-state index is 0.0927. The predicted octanol–water partition coefficient (Wildman–Crippen LogP) is 5.46. The number of amides is 2. The highest BCUT2D eigenvalue weighted by atomic mass is 32.2. The standard InChI is InChI=1S/C29H29N3O4S/c1-2-36-28(35)22-15-17-24(18-16-22)31-29-32(19-9-12-21-10-5-3-6-11-21)26(33)20-25(37-29)27(34)30-23-13-7-4-8-14-23/h3-8,10-11,13-18,25H,2,9,12,19-20H2,1H3,(H,30,34). The smallest absolute Gasteiger partial charge is 0.338 e. The number of esters is 1. The average Bonchev–Trinajstić information content (AvgIpc) is 2.91. The Labute approximate surface area is 220 Å². The fourth-order valence-corrected chi connectivity index (χ4v) is 5.01. The van der Waals surface area contributed by atoms with Crippen LogP contribution in [0.25, 0.3) is 0 Å². The molecule has 1 aliphatic heterocycles. The van der Waals surface area contributed by atoms with E-state index in [-0.39, 0.29) is 18.2 Å². The third kappa shape index (κ3) is 7.30. The van der Waals surface area contributed by atoms with Crippen LogP contribution in [0.3, 0.4) is 0 Å². The first kappa shape index (κ1) is 26.2. The van der Waals surface area contributed by atoms with Gasteiger partial charge in [0.25, 0.3) is 0 Å². The van der Waals surface area contributed by atoms with Gasteiger partial charge in [0.2, 0.25) is 11.8 Å². The zero-order valence-electron chi connectivity index (χ0n) is 20.6. The number of para-hydroxylation sites is 1. The second-order valence-corrected chi connectivity index (χ2v) is 9.63. The minimum atomic E-state index is -0.601. The number of anilines is 1. The van der Waals surface area contributed by atoms with E-state index in [1.807, 2.05) is 48.5 Å². The maximum Gasteiger partial charge on any atom is 0.338 e. The largest absolute Gasteiger partial charge is 0.462 e. The molecule has 1 atom stereocenters. The van der Waals surface area contributed by atoms with Crippen molar-refractivity contribution in [2.45, 2.75) is 31.4 Å². The second-order valence-electron chi connectivity index (χ2n) is 8.46. The number of hydrogen-bond acceptors (Lipinski definition) is 6. The molecule has 1 aliphatic rings. The van der Waals surface area contributed by atoms with E-state index in [4.69, 9.17) is 9.73 Å². The molecule has 37 heavy (non-hydrogen) atoms. The van der Waals surface area contributed by atoms with Gasteiger partial charge in [-0.25, -0.2) is 9.79 Å². The normalized spacial score (nSPS) is 16.5. The fraction of sp³-hybridized carbons (Fsp3) is 0.241. The summed E-state index contributed by atoms with van der Waals surface area (Å²) in [4.78, 5) is 44.6. The third-order valence-corrected chi connectivity index (χ3v) is 6.95. The molecule has 1 fully saturated rings. The van der Waals surface area contributed by atoms with Gasteiger partial charge in [-0.2, -0.15) is 0 Å². The molecule has 0 spiro atoms. The molecule has 7 nitrogen and oxygen atoms in total. The molecule has 1 saturated heterocycles. The van der Waals surface area contributed by atoms with Gasteiger partial charge in [-0.3, -0.25) is 14.5 Å². The number of amidine groups is 1. The molecule has 3 aromatic carbocycles. The Morgan fingerprint density at radius 1 is 1.00 bits per heavy atom. The molecule has 0 saturated carbocycles. The van der Waals surface area contributed by atoms with E-state index in [0.717, 1.165) is 12.8 Å². The van der Waals surface area contributed by atoms with Crippen LogP contribution in [0, 0.1) is 0 Å². The number of rotatable bonds is 9. The summed E-state index contributed by atoms with van der Waals surface area (Å²) in [6.07, 6.45) is 1.68. The van der Waals surface area contributed by atoms with Crippen LogP contribution in [0.1, 0.15) is 35.7 Å². The van der Waals surface area contributed by atoms with E-state index in [9.17, 15) is 14.4 Å². The first-order valence-electron chi connectivity index (χ1n) is 12.3. The monoisotopic (exact) mass is 515 g/mol. The van der Waals surface area contributed by atoms with E-state index in [2.05, 4.69) is 17.4 Å². The fourth-order valence-electron chi connectivity index (χ4n) is 3.89. The molecular formula is C29H29N3O4S. The van der Waals surface area contributed by atoms with Crippen molar-refractivity contribution >= 4 is 46.1 Å². The Balaban J connectivity index is 1.52. The van der Waals surface area contributed by atoms with Gasteiger partial charge in [0.1, 0.15) is 5.25 Å². The highest BCUT2D eigenvalue weighted by molar-refractivity contribution is 8.15. The van der Waals surface area contributed by atoms with Crippen LogP contribution in [0.4, 0.5) is 11.4 Å². The van der Waals surface area contributed by atoms with Gasteiger partial charge in [0, 0.05) is 18.7 Å². The first-order chi connectivity index (χ1) is 18.0. The van der Waals surface area contributed by atoms with Crippen molar-refractivity contribution < 1.29 is 19.1 Å². The van der Waals surface area contributed by atoms with Crippen molar-refractivity contribution in [3.63, 3.8) is 0 Å². The first-order valence-corrected chi connectivity index (χ1v) is 13.1. The molecule has 0 bridgehead atoms. The van der Waals surface area contributed by atoms with Gasteiger partial charge in [0.05, 0.1) is 17.9 Å². The van der Waals surface area contributed by atoms with Crippen molar-refractivity contribution in [1.82, 2.24) is 4.90 Å². The van der Waals surface area contributed by atoms with Crippen molar-refractivity contribution in [3.05, 3.63) is 96.1 Å². The van der Waals surface area contributed by atoms with Gasteiger partial charge < -0.3 is 10.1 Å². The molecule has 0 aromatic heterocycles. The topological polar surface area (TPSA) is 88.1 Å². The lowest BCUT2D eigenvalue weighted by Crippen LogP contribution is -2.45. The summed E-state index contributed by atoms with van der Waals surface area (Å²) in [5.41, 5.74) is 2.89. The van der Waals surface area contributed by atoms with Crippen LogP contribution in [0.5, 0.6) is 0 Å². The lowest BCUT2D eigenvalue weighted by molar-refractivity contribution is -0.129. The van der Waals surface area contributed by atoms with Gasteiger partial charge >= 0.3 is 5.97 Å². The maximum atomic E-state index is 13.2. The predicted molar refractivity (Wildman–Crippen MR) is 147 cm³/mol. The van der Waals surface area contributed by atoms with Crippen molar-refractivity contribution in [3.8, 4) is 0 Å². The summed E-state index contributed by atoms with van der Waals surface area (Å²) in [5, 5.41) is 2.76. The van der Waals surface area contributed by atoms with E-state index in [0.29, 0.717) is 35.3 Å². The molecule has 0 aliphatic carbocycles. The van der Waals surface area contributed by atoms with Crippen molar-refractivity contribution in [1.29, 1.82) is 0 Å². The van der Waals surface area contributed by atoms with Gasteiger partial charge in [-0.1, -0.05) is 60.3 Å². The number of nitrogens with one attached hydrogen (secondary N) is 1. The number of nitrogens with zero attached hydrogens (tertiary/aromatic N) is 2. The van der Waals surface area contributed by atoms with Crippen molar-refractivity contribution in [2.75, 3.05) is 18.5 Å². The molecule has 4 rings (SSSR count). The van der Waals surface area contributed by atoms with E-state index in [1.54, 1.807) is 36.1 Å². The number of thioether (sulfide) groups is 1. The number of aliphatic imine (C=N–C) groups is 1. The SMILES string of the molecule is CCOC(=O)c1ccc(N=C2SC(C(=O)Nc3ccccc3)CC(=O)N2CCCc2ccccc2)cc1. The zero-order valence-corrected chi connectivity index (χ0v) is 21.4. The van der Waals surface area contributed by atoms with Crippen LogP contribution in [0.2, 0.25) is 0 Å². The number of hydrogen-bond donors (Lipinski definition) is 1. The van der Waals surface area contributed by atoms with Gasteiger partial charge in [-0.05, 0) is 61.7 Å². The Kier molecular flexibility index (Phi) is 9.10. The van der Waals surface area contributed by atoms with Crippen LogP contribution in [-0.4, -0.2) is 46.3 Å². The molecule has 2 amide bonds. The molecule has 0 radical (unpaired) electrons. The summed E-state index contributed by atoms with van der Waals surface area (Å²) >= 11 is 1.28. The van der Waals surface area contributed by atoms with E-state index < -0.39 is 11.2 Å². The summed E-state index contributed by atoms with van der Waals surface area (Å²) in [5.74, 6) is -0.773. The van der Waals surface area contributed by atoms with E-state index in [1.165, 1.54) is 17.3 Å². The quantitative estimate of drug-likeness (QED) is 0.383. The summed E-state index contributed by atoms with van der Waals surface area (Å²) in [6.45, 7) is 2.55. The highest BCUT2D eigenvalue weighted by Crippen LogP contribution is 2.30. The van der Waals surface area contributed by atoms with Crippen LogP contribution >= 0.6 is 11.8 Å². The molecule has 190 valence electrons. The number of benzene rings is 3. The number of carbonyl (C=O) groups excluding carboxylic acids is 3. The summed E-state index contributed by atoms with van der Waals surface area (Å²) < 4.78 is 5.04. The van der Waals surface area contributed by atoms with Crippen LogP contribution in [-0.2, 0) is 20.7 Å². The maximum absolute atomic E-state index is 13.2. The number of carbonyl (C=O) groups is 3. The van der Waals surface area contributed by atoms with Gasteiger partial charge in [0.15, 0.2) is 5.17 Å². The second kappa shape index (κ2) is 12.9. The molecule has 3 aromatic rings. The van der Waals surface area contributed by atoms with Crippen molar-refractivity contribution in [2.24, 2.45) is 4.99 Å². The average molecular weight is 516 g/mol. The number of ether oxygens (including phenoxy) is 1. The highest BCUT2D eigenvalue weighted by Gasteiger charge is 2.35. The molecule has 8 heteroatoms. The molecule has 1 unspecified atom stereocenters. The summed E-state index contributed by atoms with van der Waals surface area (Å²) in [7, 11) is 0. The Bertz CT molecular complexity index is 1250. The lowest BCUT2D eigenvalue weighted by atomic mass is 10.1. The Morgan fingerprint density at radius 2 is 1.68 bits per heavy atom. The number of aryl methyl sites for hydroxylation is 1. The molecule has 1 N–H and O–H groups in total. The lowest BCUT2D eigenvalue weighted by Gasteiger charge is -2.32. The van der Waals surface area contributed by atoms with Gasteiger partial charge in [-0.15, -0.1) is 0 Å². The van der Waals surface area contributed by atoms with E-state index >= 15 is 0 Å². The molecular weight excluding hydrogens is 486 g/mol.